The number of aromatic nitrogens is 2. The fourth-order valence-corrected chi connectivity index (χ4v) is 19.5. The zero-order valence-corrected chi connectivity index (χ0v) is 52.8. The van der Waals surface area contributed by atoms with E-state index in [1.54, 1.807) is 0 Å². The molecule has 0 fully saturated rings. The standard InChI is InChI=1S/C44H27NS2.C42H25NS2/c1-3-13-28(14-4-1)32-20-11-22-36-41-34(21-12-24-40(41)47-43(32)36)33-18-8-7-17-31(33)29-25-26-39-37(27-29)42-44(46-39)35-19-9-10-23-38(35)45(42)30-15-5-2-6-16-30;1-2-12-28(13-3-1)43-36-19-9-8-17-33(36)42-40(43)35-25-27(22-24-37(35)44-42)29-14-6-7-16-31(29)32-18-10-20-38-39(32)34-23-21-26-11-4-5-15-30(26)41(34)45-38/h1-27H;1-25H. The van der Waals surface area contributed by atoms with Gasteiger partial charge in [0, 0.05) is 82.7 Å². The Labute approximate surface area is 546 Å². The number of fused-ring (bicyclic) bond motifs is 18. The van der Waals surface area contributed by atoms with Gasteiger partial charge in [0.05, 0.1) is 31.5 Å². The van der Waals surface area contributed by atoms with Crippen molar-refractivity contribution in [2.75, 3.05) is 0 Å². The summed E-state index contributed by atoms with van der Waals surface area (Å²) in [6.07, 6.45) is 0. The molecule has 2 nitrogen and oxygen atoms in total. The lowest BCUT2D eigenvalue weighted by Crippen LogP contribution is -1.93. The summed E-state index contributed by atoms with van der Waals surface area (Å²) in [6, 6.07) is 116. The fourth-order valence-electron chi connectivity index (χ4n) is 14.6. The molecule has 0 N–H and O–H groups in total. The van der Waals surface area contributed by atoms with E-state index in [9.17, 15) is 0 Å². The second-order valence-corrected chi connectivity index (χ2v) is 27.9. The molecule has 6 heteroatoms. The Bertz CT molecular complexity index is 6310. The summed E-state index contributed by atoms with van der Waals surface area (Å²) in [7, 11) is 0. The van der Waals surface area contributed by atoms with Crippen molar-refractivity contribution in [3.05, 3.63) is 315 Å². The van der Waals surface area contributed by atoms with Crippen molar-refractivity contribution in [2.45, 2.75) is 0 Å². The predicted molar refractivity (Wildman–Crippen MR) is 403 cm³/mol. The number of para-hydroxylation sites is 4. The van der Waals surface area contributed by atoms with Gasteiger partial charge in [0.15, 0.2) is 0 Å². The summed E-state index contributed by atoms with van der Waals surface area (Å²) < 4.78 is 15.6. The van der Waals surface area contributed by atoms with Crippen molar-refractivity contribution in [2.24, 2.45) is 0 Å². The maximum Gasteiger partial charge on any atom is 0.0727 e. The Balaban J connectivity index is 0.000000132. The first kappa shape index (κ1) is 53.2. The van der Waals surface area contributed by atoms with E-state index < -0.39 is 0 Å². The van der Waals surface area contributed by atoms with E-state index in [0.29, 0.717) is 0 Å². The second-order valence-electron chi connectivity index (χ2n) is 23.7. The van der Waals surface area contributed by atoms with Crippen LogP contribution in [0.15, 0.2) is 315 Å². The minimum atomic E-state index is 1.19. The molecule has 0 radical (unpaired) electrons. The summed E-state index contributed by atoms with van der Waals surface area (Å²) in [5.41, 5.74) is 20.1. The molecule has 0 saturated carbocycles. The van der Waals surface area contributed by atoms with Gasteiger partial charge in [-0.25, -0.2) is 0 Å². The lowest BCUT2D eigenvalue weighted by atomic mass is 9.91. The molecule has 0 aliphatic carbocycles. The molecule has 0 aliphatic rings. The van der Waals surface area contributed by atoms with Crippen LogP contribution in [0.1, 0.15) is 0 Å². The predicted octanol–water partition coefficient (Wildman–Crippen LogP) is 26.2. The van der Waals surface area contributed by atoms with Crippen molar-refractivity contribution in [3.8, 4) is 67.0 Å². The van der Waals surface area contributed by atoms with Gasteiger partial charge in [-0.3, -0.25) is 0 Å². The third kappa shape index (κ3) is 8.35. The second kappa shape index (κ2) is 21.5. The lowest BCUT2D eigenvalue weighted by molar-refractivity contribution is 1.19. The number of nitrogens with zero attached hydrogens (tertiary/aromatic N) is 2. The normalized spacial score (nSPS) is 11.9. The van der Waals surface area contributed by atoms with Gasteiger partial charge in [-0.15, -0.1) is 45.3 Å². The summed E-state index contributed by atoms with van der Waals surface area (Å²) in [5.74, 6) is 0. The molecule has 92 heavy (non-hydrogen) atoms. The first-order valence-electron chi connectivity index (χ1n) is 31.2. The number of hydrogen-bond acceptors (Lipinski definition) is 4. The molecular formula is C86H52N2S4. The van der Waals surface area contributed by atoms with Gasteiger partial charge in [0.25, 0.3) is 0 Å². The Morgan fingerprint density at radius 1 is 0.207 bits per heavy atom. The highest BCUT2D eigenvalue weighted by atomic mass is 32.1. The van der Waals surface area contributed by atoms with Gasteiger partial charge < -0.3 is 9.13 Å². The Hall–Kier alpha value is -10.7. The lowest BCUT2D eigenvalue weighted by Gasteiger charge is -2.13. The maximum atomic E-state index is 2.45. The molecule has 6 aromatic heterocycles. The Kier molecular flexibility index (Phi) is 12.4. The molecule has 430 valence electrons. The highest BCUT2D eigenvalue weighted by Crippen LogP contribution is 2.50. The molecular weight excluding hydrogens is 1190 g/mol. The number of thiophene rings is 4. The molecule has 20 rings (SSSR count). The molecule has 0 amide bonds. The zero-order chi connectivity index (χ0) is 60.4. The van der Waals surface area contributed by atoms with Gasteiger partial charge >= 0.3 is 0 Å². The minimum Gasteiger partial charge on any atom is -0.308 e. The van der Waals surface area contributed by atoms with Gasteiger partial charge in [0.2, 0.25) is 0 Å². The fraction of sp³-hybridized carbons (Fsp3) is 0. The number of hydrogen-bond donors (Lipinski definition) is 0. The molecule has 0 bridgehead atoms. The molecule has 0 spiro atoms. The monoisotopic (exact) mass is 1240 g/mol. The molecule has 0 saturated heterocycles. The van der Waals surface area contributed by atoms with Crippen molar-refractivity contribution in [1.29, 1.82) is 0 Å². The van der Waals surface area contributed by atoms with Crippen LogP contribution >= 0.6 is 45.3 Å². The average molecular weight is 1240 g/mol. The van der Waals surface area contributed by atoms with Crippen LogP contribution in [0.3, 0.4) is 0 Å². The highest BCUT2D eigenvalue weighted by molar-refractivity contribution is 7.28. The maximum absolute atomic E-state index is 2.45. The zero-order valence-electron chi connectivity index (χ0n) is 49.5. The third-order valence-electron chi connectivity index (χ3n) is 18.6. The van der Waals surface area contributed by atoms with E-state index in [0.717, 1.165) is 0 Å². The van der Waals surface area contributed by atoms with Crippen LogP contribution in [-0.2, 0) is 0 Å². The quantitative estimate of drug-likeness (QED) is 0.151. The van der Waals surface area contributed by atoms with Crippen LogP contribution < -0.4 is 0 Å². The van der Waals surface area contributed by atoms with Gasteiger partial charge in [-0.2, -0.15) is 0 Å². The summed E-state index contributed by atoms with van der Waals surface area (Å²) in [5, 5.41) is 13.2. The smallest absolute Gasteiger partial charge is 0.0727 e. The largest absolute Gasteiger partial charge is 0.308 e. The highest BCUT2D eigenvalue weighted by Gasteiger charge is 2.23. The topological polar surface area (TPSA) is 9.86 Å². The van der Waals surface area contributed by atoms with E-state index in [-0.39, 0.29) is 0 Å². The molecule has 0 aliphatic heterocycles. The van der Waals surface area contributed by atoms with Crippen LogP contribution in [0.5, 0.6) is 0 Å². The van der Waals surface area contributed by atoms with Crippen LogP contribution in [0.4, 0.5) is 0 Å². The van der Waals surface area contributed by atoms with Crippen molar-refractivity contribution in [1.82, 2.24) is 9.13 Å². The third-order valence-corrected chi connectivity index (χ3v) is 23.4. The summed E-state index contributed by atoms with van der Waals surface area (Å²) >= 11 is 7.60. The van der Waals surface area contributed by atoms with E-state index in [4.69, 9.17) is 0 Å². The van der Waals surface area contributed by atoms with Crippen LogP contribution in [0, 0.1) is 0 Å². The summed E-state index contributed by atoms with van der Waals surface area (Å²) in [4.78, 5) is 0. The first-order valence-corrected chi connectivity index (χ1v) is 34.5. The summed E-state index contributed by atoms with van der Waals surface area (Å²) in [6.45, 7) is 0. The van der Waals surface area contributed by atoms with E-state index in [1.807, 2.05) is 45.3 Å². The van der Waals surface area contributed by atoms with Gasteiger partial charge in [-0.1, -0.05) is 243 Å². The molecule has 6 heterocycles. The van der Waals surface area contributed by atoms with Crippen molar-refractivity contribution < 1.29 is 0 Å². The van der Waals surface area contributed by atoms with Crippen LogP contribution in [0.25, 0.3) is 181 Å². The molecule has 0 atom stereocenters. The molecule has 14 aromatic carbocycles. The molecule has 0 unspecified atom stereocenters. The van der Waals surface area contributed by atoms with Crippen LogP contribution in [-0.4, -0.2) is 9.13 Å². The van der Waals surface area contributed by atoms with E-state index >= 15 is 0 Å². The first-order chi connectivity index (χ1) is 45.7. The Morgan fingerprint density at radius 3 is 1.16 bits per heavy atom. The minimum absolute atomic E-state index is 1.19. The molecule has 20 aromatic rings. The van der Waals surface area contributed by atoms with Crippen molar-refractivity contribution >= 4 is 159 Å². The van der Waals surface area contributed by atoms with E-state index in [2.05, 4.69) is 325 Å². The van der Waals surface area contributed by atoms with E-state index in [1.165, 1.54) is 181 Å². The van der Waals surface area contributed by atoms with Gasteiger partial charge in [-0.05, 0) is 139 Å². The van der Waals surface area contributed by atoms with Gasteiger partial charge in [0.1, 0.15) is 0 Å². The Morgan fingerprint density at radius 2 is 0.609 bits per heavy atom. The van der Waals surface area contributed by atoms with Crippen LogP contribution in [0.2, 0.25) is 0 Å². The number of benzene rings is 14. The average Bonchev–Trinajstić information content (AvgIpc) is 1.61. The number of rotatable bonds is 7. The van der Waals surface area contributed by atoms with Crippen molar-refractivity contribution in [3.63, 3.8) is 0 Å². The SMILES string of the molecule is c1ccc(-c2cccc3c2sc2cccc(-c4ccccc4-c4ccc5sc6c7ccccc7n(-c7ccccc7)c6c5c4)c23)cc1.c1ccc(-n2c3ccccc3c3sc4ccc(-c5ccccc5-c5cccc6sc7c8ccccc8ccc7c56)cc4c32)cc1.